The van der Waals surface area contributed by atoms with Crippen molar-refractivity contribution in [3.05, 3.63) is 59.7 Å². The van der Waals surface area contributed by atoms with E-state index in [2.05, 4.69) is 34.9 Å². The van der Waals surface area contributed by atoms with E-state index in [1.54, 1.807) is 13.8 Å². The van der Waals surface area contributed by atoms with Gasteiger partial charge in [-0.1, -0.05) is 62.4 Å². The van der Waals surface area contributed by atoms with Crippen molar-refractivity contribution in [2.75, 3.05) is 13.2 Å². The molecule has 0 saturated carbocycles. The highest BCUT2D eigenvalue weighted by atomic mass is 16.5. The highest BCUT2D eigenvalue weighted by Gasteiger charge is 2.29. The molecule has 7 nitrogen and oxygen atoms in total. The molecule has 0 aromatic heterocycles. The zero-order valence-corrected chi connectivity index (χ0v) is 19.3. The molecule has 1 aliphatic carbocycles. The quantitative estimate of drug-likeness (QED) is 0.502. The first-order chi connectivity index (χ1) is 15.8. The van der Waals surface area contributed by atoms with E-state index >= 15 is 0 Å². The molecule has 3 rings (SSSR count). The number of carboxylic acids is 1. The van der Waals surface area contributed by atoms with Crippen molar-refractivity contribution in [3.63, 3.8) is 0 Å². The van der Waals surface area contributed by atoms with Gasteiger partial charge in [-0.05, 0) is 41.5 Å². The summed E-state index contributed by atoms with van der Waals surface area (Å²) in [5, 5.41) is 14.4. The average molecular weight is 453 g/mol. The molecule has 2 aromatic rings. The van der Waals surface area contributed by atoms with Crippen LogP contribution in [0.3, 0.4) is 0 Å². The molecule has 2 aromatic carbocycles. The van der Waals surface area contributed by atoms with Gasteiger partial charge < -0.3 is 20.5 Å². The van der Waals surface area contributed by atoms with E-state index in [0.717, 1.165) is 11.1 Å². The van der Waals surface area contributed by atoms with Gasteiger partial charge in [0.25, 0.3) is 0 Å². The fourth-order valence-corrected chi connectivity index (χ4v) is 4.09. The van der Waals surface area contributed by atoms with Crippen LogP contribution in [0.5, 0.6) is 0 Å². The Morgan fingerprint density at radius 2 is 1.55 bits per heavy atom. The van der Waals surface area contributed by atoms with Crippen molar-refractivity contribution in [2.24, 2.45) is 11.8 Å². The van der Waals surface area contributed by atoms with E-state index < -0.39 is 24.0 Å². The molecule has 0 spiro atoms. The molecule has 33 heavy (non-hydrogen) atoms. The maximum atomic E-state index is 12.5. The predicted octanol–water partition coefficient (Wildman–Crippen LogP) is 4.17. The van der Waals surface area contributed by atoms with Crippen molar-refractivity contribution < 1.29 is 24.2 Å². The first-order valence-corrected chi connectivity index (χ1v) is 11.4. The van der Waals surface area contributed by atoms with Crippen LogP contribution in [-0.4, -0.2) is 42.3 Å². The van der Waals surface area contributed by atoms with Crippen LogP contribution in [-0.2, 0) is 14.3 Å². The van der Waals surface area contributed by atoms with Gasteiger partial charge in [-0.3, -0.25) is 9.59 Å². The number of rotatable bonds is 10. The van der Waals surface area contributed by atoms with E-state index in [1.807, 2.05) is 31.2 Å². The molecular formula is C26H32N2O5. The number of nitrogens with one attached hydrogen (secondary N) is 2. The lowest BCUT2D eigenvalue weighted by Crippen LogP contribution is -2.45. The van der Waals surface area contributed by atoms with Gasteiger partial charge in [0.15, 0.2) is 0 Å². The summed E-state index contributed by atoms with van der Waals surface area (Å²) in [6.45, 7) is 6.01. The third-order valence-electron chi connectivity index (χ3n) is 6.33. The molecule has 3 atom stereocenters. The Morgan fingerprint density at radius 3 is 2.12 bits per heavy atom. The molecule has 2 amide bonds. The van der Waals surface area contributed by atoms with Crippen molar-refractivity contribution in [3.8, 4) is 11.1 Å². The van der Waals surface area contributed by atoms with E-state index in [1.165, 1.54) is 11.1 Å². The second kappa shape index (κ2) is 11.0. The molecule has 3 unspecified atom stereocenters. The number of carbonyl (C=O) groups is 3. The molecule has 0 saturated heterocycles. The van der Waals surface area contributed by atoms with Crippen LogP contribution >= 0.6 is 0 Å². The number of carbonyl (C=O) groups excluding carboxylic acids is 2. The number of fused-ring (bicyclic) bond motifs is 3. The lowest BCUT2D eigenvalue weighted by molar-refractivity contribution is -0.137. The van der Waals surface area contributed by atoms with E-state index in [-0.39, 0.29) is 30.8 Å². The predicted molar refractivity (Wildman–Crippen MR) is 126 cm³/mol. The van der Waals surface area contributed by atoms with Gasteiger partial charge in [-0.15, -0.1) is 0 Å². The summed E-state index contributed by atoms with van der Waals surface area (Å²) in [5.74, 6) is -1.46. The minimum absolute atomic E-state index is 0.0218. The number of alkyl carbamates (subject to hydrolysis) is 1. The number of hydrogen-bond donors (Lipinski definition) is 3. The van der Waals surface area contributed by atoms with Crippen LogP contribution in [0.15, 0.2) is 48.5 Å². The van der Waals surface area contributed by atoms with Crippen LogP contribution in [0.4, 0.5) is 4.79 Å². The van der Waals surface area contributed by atoms with E-state index in [9.17, 15) is 14.4 Å². The van der Waals surface area contributed by atoms with Crippen LogP contribution in [0.25, 0.3) is 11.1 Å². The number of aliphatic carboxylic acids is 1. The molecule has 3 N–H and O–H groups in total. The van der Waals surface area contributed by atoms with Gasteiger partial charge in [-0.2, -0.15) is 0 Å². The van der Waals surface area contributed by atoms with Crippen molar-refractivity contribution >= 4 is 18.0 Å². The summed E-state index contributed by atoms with van der Waals surface area (Å²) >= 11 is 0. The number of carboxylic acid groups (broad SMARTS) is 1. The van der Waals surface area contributed by atoms with Crippen molar-refractivity contribution in [1.82, 2.24) is 10.6 Å². The maximum Gasteiger partial charge on any atom is 0.407 e. The molecule has 0 fully saturated rings. The molecular weight excluding hydrogens is 420 g/mol. The SMILES string of the molecule is CC(CCC(=O)O)CNC(=O)C(C)C(C)NC(=O)OCC1c2ccccc2-c2ccccc21. The minimum atomic E-state index is -0.845. The minimum Gasteiger partial charge on any atom is -0.481 e. The van der Waals surface area contributed by atoms with Crippen LogP contribution in [0, 0.1) is 11.8 Å². The summed E-state index contributed by atoms with van der Waals surface area (Å²) in [6.07, 6.45) is 0.0167. The second-order valence-electron chi connectivity index (χ2n) is 8.83. The molecule has 0 aliphatic heterocycles. The van der Waals surface area contributed by atoms with Crippen LogP contribution < -0.4 is 10.6 Å². The zero-order chi connectivity index (χ0) is 24.0. The molecule has 176 valence electrons. The normalized spacial score (nSPS) is 15.0. The Hall–Kier alpha value is -3.35. The Morgan fingerprint density at radius 1 is 0.970 bits per heavy atom. The third-order valence-corrected chi connectivity index (χ3v) is 6.33. The van der Waals surface area contributed by atoms with Crippen LogP contribution in [0.2, 0.25) is 0 Å². The van der Waals surface area contributed by atoms with Gasteiger partial charge in [0, 0.05) is 24.9 Å². The molecule has 0 heterocycles. The Balaban J connectivity index is 1.49. The summed E-state index contributed by atoms with van der Waals surface area (Å²) in [5.41, 5.74) is 4.62. The first-order valence-electron chi connectivity index (χ1n) is 11.4. The van der Waals surface area contributed by atoms with Gasteiger partial charge in [-0.25, -0.2) is 4.79 Å². The highest BCUT2D eigenvalue weighted by molar-refractivity contribution is 5.80. The summed E-state index contributed by atoms with van der Waals surface area (Å²) in [7, 11) is 0. The fraction of sp³-hybridized carbons (Fsp3) is 0.423. The molecule has 1 aliphatic rings. The van der Waals surface area contributed by atoms with Gasteiger partial charge >= 0.3 is 12.1 Å². The molecule has 7 heteroatoms. The molecule has 0 bridgehead atoms. The topological polar surface area (TPSA) is 105 Å². The lowest BCUT2D eigenvalue weighted by Gasteiger charge is -2.22. The van der Waals surface area contributed by atoms with Crippen molar-refractivity contribution in [2.45, 2.75) is 45.6 Å². The maximum absolute atomic E-state index is 12.5. The monoisotopic (exact) mass is 452 g/mol. The Kier molecular flexibility index (Phi) is 8.09. The summed E-state index contributed by atoms with van der Waals surface area (Å²) in [4.78, 5) is 35.5. The van der Waals surface area contributed by atoms with Gasteiger partial charge in [0.2, 0.25) is 5.91 Å². The Bertz CT molecular complexity index is 960. The van der Waals surface area contributed by atoms with E-state index in [0.29, 0.717) is 13.0 Å². The lowest BCUT2D eigenvalue weighted by atomic mass is 9.98. The number of amides is 2. The number of hydrogen-bond acceptors (Lipinski definition) is 4. The summed E-state index contributed by atoms with van der Waals surface area (Å²) < 4.78 is 5.56. The third kappa shape index (κ3) is 6.12. The standard InChI is InChI=1S/C26H32N2O5/c1-16(12-13-24(29)30)14-27-25(31)17(2)18(3)28-26(32)33-15-23-21-10-6-4-8-19(21)20-9-5-7-11-22(20)23/h4-11,16-18,23H,12-15H2,1-3H3,(H,27,31)(H,28,32)(H,29,30). The second-order valence-corrected chi connectivity index (χ2v) is 8.83. The van der Waals surface area contributed by atoms with Gasteiger partial charge in [0.05, 0.1) is 5.92 Å². The Labute approximate surface area is 194 Å². The zero-order valence-electron chi connectivity index (χ0n) is 19.3. The van der Waals surface area contributed by atoms with Gasteiger partial charge in [0.1, 0.15) is 6.61 Å². The smallest absolute Gasteiger partial charge is 0.407 e. The largest absolute Gasteiger partial charge is 0.481 e. The molecule has 0 radical (unpaired) electrons. The highest BCUT2D eigenvalue weighted by Crippen LogP contribution is 2.44. The summed E-state index contributed by atoms with van der Waals surface area (Å²) in [6, 6.07) is 15.9. The fourth-order valence-electron chi connectivity index (χ4n) is 4.09. The first kappa shape index (κ1) is 24.3. The number of ether oxygens (including phenoxy) is 1. The van der Waals surface area contributed by atoms with Crippen molar-refractivity contribution in [1.29, 1.82) is 0 Å². The van der Waals surface area contributed by atoms with E-state index in [4.69, 9.17) is 9.84 Å². The average Bonchev–Trinajstić information content (AvgIpc) is 3.13. The van der Waals surface area contributed by atoms with Crippen LogP contribution in [0.1, 0.15) is 50.7 Å². The number of benzene rings is 2.